The number of carbonyl (C=O) groups is 1. The summed E-state index contributed by atoms with van der Waals surface area (Å²) < 4.78 is 7.75. The summed E-state index contributed by atoms with van der Waals surface area (Å²) in [6.45, 7) is 2.43. The lowest BCUT2D eigenvalue weighted by Gasteiger charge is -2.09. The van der Waals surface area contributed by atoms with Gasteiger partial charge in [0.1, 0.15) is 12.4 Å². The van der Waals surface area contributed by atoms with E-state index in [2.05, 4.69) is 27.5 Å². The number of rotatable bonds is 7. The zero-order valence-electron chi connectivity index (χ0n) is 13.9. The first-order chi connectivity index (χ1) is 12.1. The summed E-state index contributed by atoms with van der Waals surface area (Å²) >= 11 is 0. The molecular weight excluding hydrogens is 322 g/mol. The third kappa shape index (κ3) is 4.43. The van der Waals surface area contributed by atoms with E-state index in [0.29, 0.717) is 0 Å². The van der Waals surface area contributed by atoms with Crippen molar-refractivity contribution in [3.8, 4) is 0 Å². The normalized spacial score (nSPS) is 10.8. The Morgan fingerprint density at radius 1 is 1.28 bits per heavy atom. The van der Waals surface area contributed by atoms with E-state index in [0.717, 1.165) is 23.5 Å². The van der Waals surface area contributed by atoms with Gasteiger partial charge in [0.2, 0.25) is 11.8 Å². The highest BCUT2D eigenvalue weighted by atomic mass is 16.4. The Morgan fingerprint density at radius 3 is 2.80 bits per heavy atom. The van der Waals surface area contributed by atoms with Crippen LogP contribution in [0.4, 0.5) is 0 Å². The number of aryl methyl sites for hydroxylation is 3. The molecule has 0 unspecified atom stereocenters. The average Bonchev–Trinajstić information content (AvgIpc) is 3.18. The molecule has 0 aliphatic carbocycles. The monoisotopic (exact) mass is 341 g/mol. The molecule has 130 valence electrons. The number of benzene rings is 1. The van der Waals surface area contributed by atoms with Gasteiger partial charge in [-0.1, -0.05) is 30.3 Å². The first-order valence-corrected chi connectivity index (χ1v) is 7.97. The van der Waals surface area contributed by atoms with E-state index in [9.17, 15) is 9.59 Å². The lowest BCUT2D eigenvalue weighted by Crippen LogP contribution is -2.32. The summed E-state index contributed by atoms with van der Waals surface area (Å²) in [6, 6.07) is 10.2. The van der Waals surface area contributed by atoms with Gasteiger partial charge in [-0.05, 0) is 12.0 Å². The van der Waals surface area contributed by atoms with Gasteiger partial charge in [0.15, 0.2) is 0 Å². The van der Waals surface area contributed by atoms with Gasteiger partial charge >= 0.3 is 5.76 Å². The number of aromatic nitrogens is 4. The third-order valence-electron chi connectivity index (χ3n) is 3.73. The van der Waals surface area contributed by atoms with Crippen LogP contribution in [0.5, 0.6) is 0 Å². The molecule has 0 saturated carbocycles. The van der Waals surface area contributed by atoms with Crippen LogP contribution in [-0.4, -0.2) is 25.2 Å². The predicted molar refractivity (Wildman–Crippen MR) is 89.7 cm³/mol. The fourth-order valence-corrected chi connectivity index (χ4v) is 2.48. The van der Waals surface area contributed by atoms with Gasteiger partial charge < -0.3 is 14.3 Å². The molecule has 3 rings (SSSR count). The van der Waals surface area contributed by atoms with E-state index in [1.54, 1.807) is 13.1 Å². The van der Waals surface area contributed by atoms with Crippen molar-refractivity contribution in [2.75, 3.05) is 0 Å². The number of carbonyl (C=O) groups excluding carboxylic acids is 1. The molecule has 25 heavy (non-hydrogen) atoms. The van der Waals surface area contributed by atoms with Crippen LogP contribution >= 0.6 is 0 Å². The first-order valence-electron chi connectivity index (χ1n) is 7.97. The molecule has 0 radical (unpaired) electrons. The maximum absolute atomic E-state index is 12.0. The highest BCUT2D eigenvalue weighted by Crippen LogP contribution is 2.04. The van der Waals surface area contributed by atoms with Crippen molar-refractivity contribution in [3.05, 3.63) is 70.6 Å². The van der Waals surface area contributed by atoms with Crippen molar-refractivity contribution in [2.24, 2.45) is 0 Å². The Morgan fingerprint density at radius 2 is 2.08 bits per heavy atom. The Bertz CT molecular complexity index is 894. The SMILES string of the molecule is Cc1nn(CC(=O)NCc2nccn2CCc2ccccc2)c(=O)o1. The van der Waals surface area contributed by atoms with Crippen LogP contribution in [0.2, 0.25) is 0 Å². The molecule has 0 aliphatic rings. The maximum Gasteiger partial charge on any atom is 0.437 e. The third-order valence-corrected chi connectivity index (χ3v) is 3.73. The second kappa shape index (κ2) is 7.61. The molecular formula is C17H19N5O3. The molecule has 2 heterocycles. The van der Waals surface area contributed by atoms with Crippen molar-refractivity contribution < 1.29 is 9.21 Å². The highest BCUT2D eigenvalue weighted by Gasteiger charge is 2.10. The van der Waals surface area contributed by atoms with Gasteiger partial charge in [-0.15, -0.1) is 5.10 Å². The van der Waals surface area contributed by atoms with Crippen LogP contribution < -0.4 is 11.1 Å². The second-order valence-electron chi connectivity index (χ2n) is 5.59. The number of hydrogen-bond donors (Lipinski definition) is 1. The van der Waals surface area contributed by atoms with Crippen molar-refractivity contribution in [3.63, 3.8) is 0 Å². The molecule has 1 aromatic carbocycles. The molecule has 0 spiro atoms. The Labute approximate surface area is 144 Å². The summed E-state index contributed by atoms with van der Waals surface area (Å²) in [4.78, 5) is 27.7. The minimum Gasteiger partial charge on any atom is -0.393 e. The van der Waals surface area contributed by atoms with Gasteiger partial charge in [0.25, 0.3) is 0 Å². The predicted octanol–water partition coefficient (Wildman–Crippen LogP) is 0.900. The number of nitrogens with one attached hydrogen (secondary N) is 1. The Hall–Kier alpha value is -3.16. The number of imidazole rings is 1. The van der Waals surface area contributed by atoms with Gasteiger partial charge in [0.05, 0.1) is 6.54 Å². The van der Waals surface area contributed by atoms with Crippen molar-refractivity contribution in [1.82, 2.24) is 24.6 Å². The number of hydrogen-bond acceptors (Lipinski definition) is 5. The maximum atomic E-state index is 12.0. The Balaban J connectivity index is 1.53. The molecule has 0 atom stereocenters. The van der Waals surface area contributed by atoms with Crippen molar-refractivity contribution in [1.29, 1.82) is 0 Å². The number of amides is 1. The minimum atomic E-state index is -0.642. The van der Waals surface area contributed by atoms with E-state index < -0.39 is 5.76 Å². The molecule has 0 aliphatic heterocycles. The van der Waals surface area contributed by atoms with E-state index >= 15 is 0 Å². The van der Waals surface area contributed by atoms with E-state index in [1.165, 1.54) is 5.56 Å². The van der Waals surface area contributed by atoms with Crippen LogP contribution in [0, 0.1) is 6.92 Å². The summed E-state index contributed by atoms with van der Waals surface area (Å²) in [6.07, 6.45) is 4.47. The lowest BCUT2D eigenvalue weighted by atomic mass is 10.1. The smallest absolute Gasteiger partial charge is 0.393 e. The molecule has 8 nitrogen and oxygen atoms in total. The van der Waals surface area contributed by atoms with Crippen LogP contribution in [0.1, 0.15) is 17.3 Å². The Kier molecular flexibility index (Phi) is 5.08. The topological polar surface area (TPSA) is 95.0 Å². The number of nitrogens with zero attached hydrogens (tertiary/aromatic N) is 4. The molecule has 1 amide bonds. The zero-order valence-corrected chi connectivity index (χ0v) is 13.9. The van der Waals surface area contributed by atoms with Crippen LogP contribution in [0.15, 0.2) is 51.9 Å². The van der Waals surface area contributed by atoms with Crippen LogP contribution in [0.25, 0.3) is 0 Å². The summed E-state index contributed by atoms with van der Waals surface area (Å²) in [5.41, 5.74) is 1.24. The zero-order chi connectivity index (χ0) is 17.6. The van der Waals surface area contributed by atoms with Crippen LogP contribution in [-0.2, 0) is 30.8 Å². The molecule has 2 aromatic heterocycles. The lowest BCUT2D eigenvalue weighted by molar-refractivity contribution is -0.122. The molecule has 0 fully saturated rings. The van der Waals surface area contributed by atoms with Crippen LogP contribution in [0.3, 0.4) is 0 Å². The fourth-order valence-electron chi connectivity index (χ4n) is 2.48. The molecule has 8 heteroatoms. The van der Waals surface area contributed by atoms with Crippen molar-refractivity contribution >= 4 is 5.91 Å². The quantitative estimate of drug-likeness (QED) is 0.689. The average molecular weight is 341 g/mol. The fraction of sp³-hybridized carbons (Fsp3) is 0.294. The standard InChI is InChI=1S/C17H19N5O3/c1-13-20-22(17(24)25-13)12-16(23)19-11-15-18-8-10-21(15)9-7-14-5-3-2-4-6-14/h2-6,8,10H,7,9,11-12H2,1H3,(H,19,23). The second-order valence-corrected chi connectivity index (χ2v) is 5.59. The molecule has 0 saturated heterocycles. The van der Waals surface area contributed by atoms with E-state index in [-0.39, 0.29) is 24.9 Å². The van der Waals surface area contributed by atoms with Gasteiger partial charge in [-0.25, -0.2) is 9.78 Å². The minimum absolute atomic E-state index is 0.180. The first kappa shape index (κ1) is 16.7. The molecule has 3 aromatic rings. The summed E-state index contributed by atoms with van der Waals surface area (Å²) in [5.74, 6) is 0.0206. The van der Waals surface area contributed by atoms with Crippen molar-refractivity contribution in [2.45, 2.75) is 33.0 Å². The molecule has 1 N–H and O–H groups in total. The summed E-state index contributed by atoms with van der Waals surface area (Å²) in [7, 11) is 0. The highest BCUT2D eigenvalue weighted by molar-refractivity contribution is 5.75. The molecule has 0 bridgehead atoms. The summed E-state index contributed by atoms with van der Waals surface area (Å²) in [5, 5.41) is 6.58. The largest absolute Gasteiger partial charge is 0.437 e. The van der Waals surface area contributed by atoms with Gasteiger partial charge in [0, 0.05) is 25.9 Å². The van der Waals surface area contributed by atoms with E-state index in [4.69, 9.17) is 4.42 Å². The van der Waals surface area contributed by atoms with E-state index in [1.807, 2.05) is 29.0 Å². The van der Waals surface area contributed by atoms with Gasteiger partial charge in [-0.3, -0.25) is 4.79 Å². The van der Waals surface area contributed by atoms with Gasteiger partial charge in [-0.2, -0.15) is 4.68 Å².